The van der Waals surface area contributed by atoms with E-state index in [1.165, 1.54) is 0 Å². The summed E-state index contributed by atoms with van der Waals surface area (Å²) >= 11 is 6.02. The van der Waals surface area contributed by atoms with E-state index < -0.39 is 5.41 Å². The van der Waals surface area contributed by atoms with E-state index in [2.05, 4.69) is 10.4 Å². The van der Waals surface area contributed by atoms with Gasteiger partial charge in [0, 0.05) is 31.1 Å². The first-order chi connectivity index (χ1) is 13.6. The van der Waals surface area contributed by atoms with Crippen LogP contribution in [0.5, 0.6) is 0 Å². The van der Waals surface area contributed by atoms with E-state index in [-0.39, 0.29) is 11.6 Å². The molecule has 1 aliphatic carbocycles. The van der Waals surface area contributed by atoms with Crippen molar-refractivity contribution < 1.29 is 4.79 Å². The maximum atomic E-state index is 13.1. The van der Waals surface area contributed by atoms with Gasteiger partial charge in [-0.3, -0.25) is 9.36 Å². The summed E-state index contributed by atoms with van der Waals surface area (Å²) < 4.78 is 3.34. The molecule has 1 aliphatic heterocycles. The maximum absolute atomic E-state index is 13.1. The molecule has 0 atom stereocenters. The van der Waals surface area contributed by atoms with Crippen molar-refractivity contribution in [3.05, 3.63) is 51.2 Å². The molecule has 0 saturated heterocycles. The van der Waals surface area contributed by atoms with Gasteiger partial charge in [0.1, 0.15) is 5.82 Å². The third-order valence-corrected chi connectivity index (χ3v) is 6.40. The summed E-state index contributed by atoms with van der Waals surface area (Å²) in [5.41, 5.74) is 0.578. The number of carbonyl (C=O) groups excluding carboxylic acids is 1. The molecule has 0 bridgehead atoms. The van der Waals surface area contributed by atoms with E-state index in [0.29, 0.717) is 24.5 Å². The van der Waals surface area contributed by atoms with Crippen molar-refractivity contribution in [2.24, 2.45) is 0 Å². The molecule has 6 nitrogen and oxygen atoms in total. The molecule has 4 rings (SSSR count). The van der Waals surface area contributed by atoms with Gasteiger partial charge in [0.25, 0.3) is 0 Å². The molecule has 1 amide bonds. The quantitative estimate of drug-likeness (QED) is 0.755. The number of amides is 1. The second-order valence-electron chi connectivity index (χ2n) is 7.94. The van der Waals surface area contributed by atoms with E-state index in [4.69, 9.17) is 11.6 Å². The molecule has 0 radical (unpaired) electrons. The summed E-state index contributed by atoms with van der Waals surface area (Å²) in [4.78, 5) is 25.4. The van der Waals surface area contributed by atoms with Crippen molar-refractivity contribution in [2.45, 2.75) is 69.9 Å². The zero-order valence-electron chi connectivity index (χ0n) is 16.1. The summed E-state index contributed by atoms with van der Waals surface area (Å²) in [6, 6.07) is 7.67. The summed E-state index contributed by atoms with van der Waals surface area (Å²) in [5, 5.41) is 8.25. The molecule has 1 aromatic heterocycles. The van der Waals surface area contributed by atoms with Crippen LogP contribution < -0.4 is 11.0 Å². The van der Waals surface area contributed by atoms with Crippen LogP contribution >= 0.6 is 11.6 Å². The third-order valence-electron chi connectivity index (χ3n) is 6.15. The Morgan fingerprint density at radius 2 is 1.89 bits per heavy atom. The zero-order chi connectivity index (χ0) is 19.6. The molecule has 1 fully saturated rings. The SMILES string of the molecule is O=C(NCCCn1nc2n(c1=O)CCCC2)C1(c2ccc(Cl)cc2)CCCC1. The van der Waals surface area contributed by atoms with Crippen LogP contribution in [0.25, 0.3) is 0 Å². The molecule has 2 aromatic rings. The predicted octanol–water partition coefficient (Wildman–Crippen LogP) is 3.05. The second kappa shape index (κ2) is 8.11. The number of aryl methyl sites for hydroxylation is 2. The maximum Gasteiger partial charge on any atom is 0.345 e. The highest BCUT2D eigenvalue weighted by Crippen LogP contribution is 2.41. The summed E-state index contributed by atoms with van der Waals surface area (Å²) in [5.74, 6) is 0.983. The predicted molar refractivity (Wildman–Crippen MR) is 109 cm³/mol. The Morgan fingerprint density at radius 3 is 2.61 bits per heavy atom. The number of benzene rings is 1. The van der Waals surface area contributed by atoms with Gasteiger partial charge in [-0.15, -0.1) is 0 Å². The van der Waals surface area contributed by atoms with Gasteiger partial charge < -0.3 is 5.32 Å². The first-order valence-electron chi connectivity index (χ1n) is 10.3. The standard InChI is InChI=1S/C21H27ClN4O2/c22-17-9-7-16(8-10-17)21(11-2-3-12-21)19(27)23-13-5-15-26-20(28)25-14-4-1-6-18(25)24-26/h7-10H,1-6,11-15H2,(H,23,27). The fourth-order valence-electron chi connectivity index (χ4n) is 4.59. The number of halogens is 1. The molecule has 2 heterocycles. The Balaban J connectivity index is 1.36. The Bertz CT molecular complexity index is 894. The van der Waals surface area contributed by atoms with Crippen molar-refractivity contribution in [2.75, 3.05) is 6.54 Å². The average molecular weight is 403 g/mol. The van der Waals surface area contributed by atoms with E-state index in [9.17, 15) is 9.59 Å². The number of carbonyl (C=O) groups is 1. The normalized spacial score (nSPS) is 18.0. The van der Waals surface area contributed by atoms with Crippen molar-refractivity contribution in [1.82, 2.24) is 19.7 Å². The van der Waals surface area contributed by atoms with E-state index >= 15 is 0 Å². The monoisotopic (exact) mass is 402 g/mol. The summed E-state index contributed by atoms with van der Waals surface area (Å²) in [7, 11) is 0. The number of fused-ring (bicyclic) bond motifs is 1. The fraction of sp³-hybridized carbons (Fsp3) is 0.571. The van der Waals surface area contributed by atoms with Crippen molar-refractivity contribution in [3.63, 3.8) is 0 Å². The van der Waals surface area contributed by atoms with Gasteiger partial charge in [-0.2, -0.15) is 5.10 Å². The fourth-order valence-corrected chi connectivity index (χ4v) is 4.71. The van der Waals surface area contributed by atoms with E-state index in [0.717, 1.165) is 62.9 Å². The largest absolute Gasteiger partial charge is 0.355 e. The van der Waals surface area contributed by atoms with Crippen LogP contribution in [-0.4, -0.2) is 26.8 Å². The number of aromatic nitrogens is 3. The minimum absolute atomic E-state index is 0.0190. The Labute approximate surface area is 169 Å². The van der Waals surface area contributed by atoms with Gasteiger partial charge in [0.2, 0.25) is 5.91 Å². The van der Waals surface area contributed by atoms with Crippen LogP contribution in [0.2, 0.25) is 5.02 Å². The number of hydrogen-bond acceptors (Lipinski definition) is 3. The van der Waals surface area contributed by atoms with Gasteiger partial charge in [-0.25, -0.2) is 9.48 Å². The molecule has 28 heavy (non-hydrogen) atoms. The molecule has 1 saturated carbocycles. The summed E-state index contributed by atoms with van der Waals surface area (Å²) in [6.07, 6.45) is 7.57. The molecule has 2 aliphatic rings. The smallest absolute Gasteiger partial charge is 0.345 e. The first kappa shape index (κ1) is 19.2. The number of nitrogens with zero attached hydrogens (tertiary/aromatic N) is 3. The minimum atomic E-state index is -0.449. The second-order valence-corrected chi connectivity index (χ2v) is 8.37. The van der Waals surface area contributed by atoms with Crippen molar-refractivity contribution >= 4 is 17.5 Å². The Hall–Kier alpha value is -2.08. The molecule has 150 valence electrons. The molecule has 1 aromatic carbocycles. The van der Waals surface area contributed by atoms with Crippen LogP contribution in [0.1, 0.15) is 56.3 Å². The third kappa shape index (κ3) is 3.62. The highest BCUT2D eigenvalue weighted by Gasteiger charge is 2.42. The molecule has 0 unspecified atom stereocenters. The van der Waals surface area contributed by atoms with Gasteiger partial charge in [-0.1, -0.05) is 36.6 Å². The molecular weight excluding hydrogens is 376 g/mol. The lowest BCUT2D eigenvalue weighted by Crippen LogP contribution is -2.43. The summed E-state index contributed by atoms with van der Waals surface area (Å²) in [6.45, 7) is 1.85. The lowest BCUT2D eigenvalue weighted by molar-refractivity contribution is -0.126. The van der Waals surface area contributed by atoms with Gasteiger partial charge >= 0.3 is 5.69 Å². The average Bonchev–Trinajstić information content (AvgIpc) is 3.32. The van der Waals surface area contributed by atoms with Crippen LogP contribution in [0.3, 0.4) is 0 Å². The Kier molecular flexibility index (Phi) is 5.58. The van der Waals surface area contributed by atoms with Crippen LogP contribution in [-0.2, 0) is 29.7 Å². The number of nitrogens with one attached hydrogen (secondary N) is 1. The van der Waals surface area contributed by atoms with E-state index in [1.54, 1.807) is 9.25 Å². The first-order valence-corrected chi connectivity index (χ1v) is 10.7. The van der Waals surface area contributed by atoms with Gasteiger partial charge in [-0.05, 0) is 49.8 Å². The van der Waals surface area contributed by atoms with Crippen molar-refractivity contribution in [1.29, 1.82) is 0 Å². The zero-order valence-corrected chi connectivity index (χ0v) is 16.9. The van der Waals surface area contributed by atoms with Crippen LogP contribution in [0.15, 0.2) is 29.1 Å². The molecule has 7 heteroatoms. The highest BCUT2D eigenvalue weighted by atomic mass is 35.5. The van der Waals surface area contributed by atoms with Crippen LogP contribution in [0.4, 0.5) is 0 Å². The van der Waals surface area contributed by atoms with E-state index in [1.807, 2.05) is 24.3 Å². The van der Waals surface area contributed by atoms with Crippen molar-refractivity contribution in [3.8, 4) is 0 Å². The number of rotatable bonds is 6. The molecule has 1 N–H and O–H groups in total. The highest BCUT2D eigenvalue weighted by molar-refractivity contribution is 6.30. The van der Waals surface area contributed by atoms with Gasteiger partial charge in [0.15, 0.2) is 0 Å². The molecule has 0 spiro atoms. The molecular formula is C21H27ClN4O2. The number of hydrogen-bond donors (Lipinski definition) is 1. The minimum Gasteiger partial charge on any atom is -0.355 e. The topological polar surface area (TPSA) is 68.9 Å². The lowest BCUT2D eigenvalue weighted by Gasteiger charge is -2.28. The van der Waals surface area contributed by atoms with Crippen LogP contribution in [0, 0.1) is 0 Å². The van der Waals surface area contributed by atoms with Gasteiger partial charge in [0.05, 0.1) is 5.41 Å². The lowest BCUT2D eigenvalue weighted by atomic mass is 9.78. The Morgan fingerprint density at radius 1 is 1.14 bits per heavy atom.